The molecule has 2 aromatic carbocycles. The molecule has 0 heterocycles. The molecule has 0 bridgehead atoms. The lowest BCUT2D eigenvalue weighted by atomic mass is 10.4. The van der Waals surface area contributed by atoms with Crippen molar-refractivity contribution in [2.75, 3.05) is 0 Å². The molecule has 0 aliphatic heterocycles. The van der Waals surface area contributed by atoms with Gasteiger partial charge in [0.1, 0.15) is 0 Å². The van der Waals surface area contributed by atoms with Crippen LogP contribution in [-0.4, -0.2) is 0 Å². The van der Waals surface area contributed by atoms with E-state index in [-0.39, 0.29) is 0 Å². The van der Waals surface area contributed by atoms with Crippen LogP contribution in [0.2, 0.25) is 0 Å². The highest BCUT2D eigenvalue weighted by Crippen LogP contribution is 1.80. The van der Waals surface area contributed by atoms with Gasteiger partial charge < -0.3 is 0 Å². The molecule has 0 unspecified atom stereocenters. The number of rotatable bonds is 0. The Morgan fingerprint density at radius 1 is 0.417 bits per heavy atom. The van der Waals surface area contributed by atoms with E-state index < -0.39 is 0 Å². The third-order valence-electron chi connectivity index (χ3n) is 1.27. The second-order valence-corrected chi connectivity index (χ2v) is 2.23. The van der Waals surface area contributed by atoms with Gasteiger partial charge in [-0.1, -0.05) is 72.8 Å². The van der Waals surface area contributed by atoms with Crippen LogP contribution in [0.15, 0.2) is 72.8 Å². The van der Waals surface area contributed by atoms with E-state index in [9.17, 15) is 0 Å². The maximum atomic E-state index is 7.00. The van der Waals surface area contributed by atoms with E-state index in [1.807, 2.05) is 54.6 Å². The van der Waals surface area contributed by atoms with Crippen LogP contribution < -0.4 is 0 Å². The van der Waals surface area contributed by atoms with Crippen molar-refractivity contribution >= 4 is 0 Å². The molecule has 60 valence electrons. The minimum atomic E-state index is 0.572. The Balaban J connectivity index is 0.000000132. The first-order chi connectivity index (χ1) is 6.39. The van der Waals surface area contributed by atoms with Gasteiger partial charge in [-0.05, 0) is 0 Å². The highest BCUT2D eigenvalue weighted by molar-refractivity contribution is 4.99. The van der Waals surface area contributed by atoms with Crippen molar-refractivity contribution in [1.29, 1.82) is 0 Å². The van der Waals surface area contributed by atoms with Crippen molar-refractivity contribution in [1.82, 2.24) is 0 Å². The first-order valence-electron chi connectivity index (χ1n) is 4.41. The van der Waals surface area contributed by atoms with Crippen molar-refractivity contribution in [3.63, 3.8) is 0 Å². The second-order valence-electron chi connectivity index (χ2n) is 2.23. The SMILES string of the molecule is [2H]c1ccccc1.c1ccccc1. The molecule has 0 aromatic heterocycles. The Kier molecular flexibility index (Phi) is 3.65. The minimum absolute atomic E-state index is 0.572. The predicted molar refractivity (Wildman–Crippen MR) is 52.9 cm³/mol. The maximum Gasteiger partial charge on any atom is 0.0623 e. The standard InChI is InChI=1S/2C6H6/c2*1-2-4-6-5-3-1/h2*1-6H/i1D;. The largest absolute Gasteiger partial charge is 0.0623 e. The molecule has 0 heteroatoms. The highest BCUT2D eigenvalue weighted by Gasteiger charge is 1.58. The summed E-state index contributed by atoms with van der Waals surface area (Å²) in [6.07, 6.45) is 0. The molecule has 0 aliphatic carbocycles. The molecule has 0 aliphatic rings. The molecule has 0 spiro atoms. The van der Waals surface area contributed by atoms with Gasteiger partial charge in [-0.3, -0.25) is 0 Å². The van der Waals surface area contributed by atoms with E-state index in [1.54, 1.807) is 12.1 Å². The zero-order valence-electron chi connectivity index (χ0n) is 7.85. The molecule has 0 fully saturated rings. The van der Waals surface area contributed by atoms with E-state index in [0.29, 0.717) is 6.04 Å². The summed E-state index contributed by atoms with van der Waals surface area (Å²) >= 11 is 0. The summed E-state index contributed by atoms with van der Waals surface area (Å²) < 4.78 is 7.00. The number of hydrogen-bond donors (Lipinski definition) is 0. The fourth-order valence-electron chi connectivity index (χ4n) is 0.727. The molecule has 0 saturated heterocycles. The summed E-state index contributed by atoms with van der Waals surface area (Å²) in [4.78, 5) is 0. The lowest BCUT2D eigenvalue weighted by Gasteiger charge is -1.69. The van der Waals surface area contributed by atoms with Crippen molar-refractivity contribution in [3.05, 3.63) is 72.8 Å². The highest BCUT2D eigenvalue weighted by atomic mass is 13.7. The third kappa shape index (κ3) is 4.29. The molecule has 12 heavy (non-hydrogen) atoms. The van der Waals surface area contributed by atoms with Crippen LogP contribution in [0.1, 0.15) is 1.37 Å². The molecule has 2 aromatic rings. The average Bonchev–Trinajstić information content (AvgIpc) is 2.22. The fraction of sp³-hybridized carbons (Fsp3) is 0. The summed E-state index contributed by atoms with van der Waals surface area (Å²) in [5.41, 5.74) is 0. The first-order valence-corrected chi connectivity index (χ1v) is 3.91. The number of hydrogen-bond acceptors (Lipinski definition) is 0. The van der Waals surface area contributed by atoms with Crippen LogP contribution in [0.3, 0.4) is 0 Å². The van der Waals surface area contributed by atoms with E-state index >= 15 is 0 Å². The summed E-state index contributed by atoms with van der Waals surface area (Å²) in [7, 11) is 0. The summed E-state index contributed by atoms with van der Waals surface area (Å²) in [5.74, 6) is 0. The van der Waals surface area contributed by atoms with E-state index in [0.717, 1.165) is 0 Å². The Morgan fingerprint density at radius 3 is 0.833 bits per heavy atom. The van der Waals surface area contributed by atoms with Crippen LogP contribution in [0.25, 0.3) is 0 Å². The first kappa shape index (κ1) is 7.11. The van der Waals surface area contributed by atoms with Crippen molar-refractivity contribution in [2.24, 2.45) is 0 Å². The predicted octanol–water partition coefficient (Wildman–Crippen LogP) is 3.37. The zero-order chi connectivity index (χ0) is 9.36. The number of benzene rings is 2. The Morgan fingerprint density at radius 2 is 0.667 bits per heavy atom. The second kappa shape index (κ2) is 6.17. The molecule has 0 saturated carbocycles. The summed E-state index contributed by atoms with van der Waals surface area (Å²) in [6.45, 7) is 0. The Bertz CT molecular complexity index is 276. The smallest absolute Gasteiger partial charge is 0.0623 e. The summed E-state index contributed by atoms with van der Waals surface area (Å²) in [5, 5.41) is 0. The normalized spacial score (nSPS) is 9.17. The quantitative estimate of drug-likeness (QED) is 0.550. The molecule has 0 nitrogen and oxygen atoms in total. The van der Waals surface area contributed by atoms with Gasteiger partial charge in [-0.15, -0.1) is 0 Å². The lowest BCUT2D eigenvalue weighted by molar-refractivity contribution is 1.72. The molecule has 0 amide bonds. The van der Waals surface area contributed by atoms with Crippen molar-refractivity contribution in [3.8, 4) is 0 Å². The van der Waals surface area contributed by atoms with Crippen LogP contribution >= 0.6 is 0 Å². The molecular weight excluding hydrogens is 144 g/mol. The molecule has 2 rings (SSSR count). The van der Waals surface area contributed by atoms with Gasteiger partial charge in [0.25, 0.3) is 0 Å². The fourth-order valence-corrected chi connectivity index (χ4v) is 0.727. The van der Waals surface area contributed by atoms with Gasteiger partial charge in [0.05, 0.1) is 1.37 Å². The summed E-state index contributed by atoms with van der Waals surface area (Å²) in [6, 6.07) is 21.7. The van der Waals surface area contributed by atoms with Crippen LogP contribution in [0.5, 0.6) is 0 Å². The molecular formula is C12H12. The monoisotopic (exact) mass is 157 g/mol. The zero-order valence-corrected chi connectivity index (χ0v) is 6.85. The van der Waals surface area contributed by atoms with Gasteiger partial charge in [0.2, 0.25) is 0 Å². The van der Waals surface area contributed by atoms with Gasteiger partial charge in [0.15, 0.2) is 0 Å². The van der Waals surface area contributed by atoms with E-state index in [4.69, 9.17) is 1.37 Å². The van der Waals surface area contributed by atoms with Crippen molar-refractivity contribution in [2.45, 2.75) is 0 Å². The lowest BCUT2D eigenvalue weighted by Crippen LogP contribution is -1.47. The van der Waals surface area contributed by atoms with Gasteiger partial charge in [0, 0.05) is 0 Å². The Hall–Kier alpha value is -1.56. The minimum Gasteiger partial charge on any atom is -0.0623 e. The average molecular weight is 157 g/mol. The Labute approximate surface area is 74.9 Å². The third-order valence-corrected chi connectivity index (χ3v) is 1.27. The van der Waals surface area contributed by atoms with Gasteiger partial charge in [-0.2, -0.15) is 0 Å². The molecule has 0 radical (unpaired) electrons. The van der Waals surface area contributed by atoms with Gasteiger partial charge >= 0.3 is 0 Å². The topological polar surface area (TPSA) is 0 Å². The van der Waals surface area contributed by atoms with Crippen LogP contribution in [-0.2, 0) is 0 Å². The molecule has 0 atom stereocenters. The van der Waals surface area contributed by atoms with Gasteiger partial charge in [-0.25, -0.2) is 0 Å². The van der Waals surface area contributed by atoms with Crippen LogP contribution in [0, 0.1) is 0 Å². The van der Waals surface area contributed by atoms with E-state index in [1.165, 1.54) is 0 Å². The van der Waals surface area contributed by atoms with Crippen LogP contribution in [0.4, 0.5) is 0 Å². The maximum absolute atomic E-state index is 7.00. The molecule has 0 N–H and O–H groups in total. The van der Waals surface area contributed by atoms with E-state index in [2.05, 4.69) is 0 Å². The van der Waals surface area contributed by atoms with Crippen molar-refractivity contribution < 1.29 is 1.37 Å².